The molecule has 3 unspecified atom stereocenters. The molecule has 22 heavy (non-hydrogen) atoms. The molecule has 1 heterocycles. The summed E-state index contributed by atoms with van der Waals surface area (Å²) in [5, 5.41) is 5.62. The van der Waals surface area contributed by atoms with Gasteiger partial charge in [0, 0.05) is 24.5 Å². The highest BCUT2D eigenvalue weighted by molar-refractivity contribution is 5.85. The van der Waals surface area contributed by atoms with Gasteiger partial charge in [-0.3, -0.25) is 10.1 Å². The fourth-order valence-corrected chi connectivity index (χ4v) is 4.26. The third-order valence-electron chi connectivity index (χ3n) is 5.43. The minimum Gasteiger partial charge on any atom is -0.378 e. The number of hydrogen-bond acceptors (Lipinski definition) is 3. The summed E-state index contributed by atoms with van der Waals surface area (Å²) in [5.41, 5.74) is 0.0484. The van der Waals surface area contributed by atoms with Crippen LogP contribution < -0.4 is 10.6 Å². The summed E-state index contributed by atoms with van der Waals surface area (Å²) in [7, 11) is 0. The van der Waals surface area contributed by atoms with Gasteiger partial charge in [-0.05, 0) is 26.2 Å². The van der Waals surface area contributed by atoms with E-state index in [2.05, 4.69) is 10.6 Å². The van der Waals surface area contributed by atoms with Crippen LogP contribution in [0.2, 0.25) is 0 Å². The van der Waals surface area contributed by atoms with Gasteiger partial charge < -0.3 is 10.1 Å². The molecule has 0 radical (unpaired) electrons. The molecule has 4 nitrogen and oxygen atoms in total. The first-order valence-electron chi connectivity index (χ1n) is 8.00. The Morgan fingerprint density at radius 1 is 1.36 bits per heavy atom. The van der Waals surface area contributed by atoms with Crippen molar-refractivity contribution in [2.45, 2.75) is 69.6 Å². The van der Waals surface area contributed by atoms with Gasteiger partial charge in [0.05, 0.1) is 18.7 Å². The van der Waals surface area contributed by atoms with Crippen molar-refractivity contribution in [1.29, 1.82) is 0 Å². The molecule has 2 aliphatic carbocycles. The van der Waals surface area contributed by atoms with Crippen molar-refractivity contribution in [2.75, 3.05) is 13.2 Å². The highest BCUT2D eigenvalue weighted by Gasteiger charge is 2.57. The lowest BCUT2D eigenvalue weighted by molar-refractivity contribution is -0.145. The van der Waals surface area contributed by atoms with Crippen LogP contribution in [-0.4, -0.2) is 43.2 Å². The average Bonchev–Trinajstić information content (AvgIpc) is 3.05. The van der Waals surface area contributed by atoms with Gasteiger partial charge in [-0.1, -0.05) is 12.8 Å². The summed E-state index contributed by atoms with van der Waals surface area (Å²) >= 11 is 0. The van der Waals surface area contributed by atoms with Gasteiger partial charge in [0.2, 0.25) is 5.91 Å². The normalized spacial score (nSPS) is 35.0. The molecule has 0 aromatic heterocycles. The monoisotopic (exact) mass is 338 g/mol. The molecule has 3 atom stereocenters. The van der Waals surface area contributed by atoms with Crippen LogP contribution in [0.4, 0.5) is 8.78 Å². The van der Waals surface area contributed by atoms with E-state index in [4.69, 9.17) is 4.74 Å². The lowest BCUT2D eigenvalue weighted by atomic mass is 9.60. The zero-order valence-electron chi connectivity index (χ0n) is 12.9. The molecule has 0 aromatic rings. The van der Waals surface area contributed by atoms with E-state index in [0.29, 0.717) is 6.61 Å². The van der Waals surface area contributed by atoms with E-state index in [1.807, 2.05) is 6.92 Å². The second-order valence-electron chi connectivity index (χ2n) is 6.67. The van der Waals surface area contributed by atoms with Crippen LogP contribution in [0.25, 0.3) is 0 Å². The minimum atomic E-state index is -2.76. The number of amides is 1. The highest BCUT2D eigenvalue weighted by atomic mass is 35.5. The number of ether oxygens (including phenoxy) is 1. The van der Waals surface area contributed by atoms with Gasteiger partial charge in [0.1, 0.15) is 0 Å². The van der Waals surface area contributed by atoms with E-state index in [1.54, 1.807) is 0 Å². The predicted molar refractivity (Wildman–Crippen MR) is 81.5 cm³/mol. The Balaban J connectivity index is 0.00000176. The summed E-state index contributed by atoms with van der Waals surface area (Å²) in [5.74, 6) is -3.04. The second kappa shape index (κ2) is 6.57. The number of nitrogens with one attached hydrogen (secondary N) is 2. The van der Waals surface area contributed by atoms with Gasteiger partial charge in [-0.2, -0.15) is 0 Å². The highest BCUT2D eigenvalue weighted by Crippen LogP contribution is 2.54. The zero-order valence-corrected chi connectivity index (χ0v) is 13.7. The molecule has 0 aromatic carbocycles. The maximum Gasteiger partial charge on any atom is 0.262 e. The molecule has 2 saturated carbocycles. The van der Waals surface area contributed by atoms with Crippen LogP contribution in [0.15, 0.2) is 0 Å². The summed E-state index contributed by atoms with van der Waals surface area (Å²) in [6, 6.07) is -0.676. The topological polar surface area (TPSA) is 50.4 Å². The van der Waals surface area contributed by atoms with Crippen LogP contribution >= 0.6 is 12.4 Å². The molecule has 1 spiro atoms. The van der Waals surface area contributed by atoms with Gasteiger partial charge in [-0.15, -0.1) is 12.4 Å². The molecule has 3 fully saturated rings. The molecule has 3 aliphatic rings. The van der Waals surface area contributed by atoms with Crippen molar-refractivity contribution in [2.24, 2.45) is 5.41 Å². The van der Waals surface area contributed by atoms with E-state index < -0.39 is 24.9 Å². The smallest absolute Gasteiger partial charge is 0.262 e. The molecular weight excluding hydrogens is 314 g/mol. The second-order valence-corrected chi connectivity index (χ2v) is 6.67. The van der Waals surface area contributed by atoms with Crippen molar-refractivity contribution in [1.82, 2.24) is 10.6 Å². The lowest BCUT2D eigenvalue weighted by Gasteiger charge is -2.54. The molecule has 128 valence electrons. The van der Waals surface area contributed by atoms with Crippen molar-refractivity contribution in [3.8, 4) is 0 Å². The fourth-order valence-electron chi connectivity index (χ4n) is 4.26. The lowest BCUT2D eigenvalue weighted by Crippen LogP contribution is -2.65. The Labute approximate surface area is 136 Å². The van der Waals surface area contributed by atoms with Crippen LogP contribution in [0, 0.1) is 5.41 Å². The van der Waals surface area contributed by atoms with Gasteiger partial charge in [0.25, 0.3) is 5.92 Å². The number of halogens is 3. The molecule has 7 heteroatoms. The maximum absolute atomic E-state index is 13.2. The van der Waals surface area contributed by atoms with Crippen molar-refractivity contribution in [3.05, 3.63) is 0 Å². The molecule has 1 amide bonds. The number of alkyl halides is 2. The first kappa shape index (κ1) is 17.9. The predicted octanol–water partition coefficient (Wildman–Crippen LogP) is 2.26. The van der Waals surface area contributed by atoms with Crippen LogP contribution in [-0.2, 0) is 9.53 Å². The van der Waals surface area contributed by atoms with Gasteiger partial charge in [0.15, 0.2) is 0 Å². The van der Waals surface area contributed by atoms with Crippen molar-refractivity contribution in [3.63, 3.8) is 0 Å². The van der Waals surface area contributed by atoms with Crippen LogP contribution in [0.3, 0.4) is 0 Å². The molecule has 2 N–H and O–H groups in total. The van der Waals surface area contributed by atoms with Gasteiger partial charge >= 0.3 is 0 Å². The standard InChI is InChI=1S/C15H24F2N2O2.ClH/c1-2-21-12-7-11(14(12)5-3-4-6-14)19-13(20)10-8-15(16,17)9-18-10;/h10-12,18H,2-9H2,1H3,(H,19,20);1H. The summed E-state index contributed by atoms with van der Waals surface area (Å²) in [6.45, 7) is 2.27. The Hall–Kier alpha value is -0.460. The summed E-state index contributed by atoms with van der Waals surface area (Å²) in [4.78, 5) is 12.2. The maximum atomic E-state index is 13.2. The van der Waals surface area contributed by atoms with Crippen molar-refractivity contribution >= 4 is 18.3 Å². The van der Waals surface area contributed by atoms with Crippen molar-refractivity contribution < 1.29 is 18.3 Å². The number of rotatable bonds is 4. The Morgan fingerprint density at radius 3 is 2.59 bits per heavy atom. The molecule has 3 rings (SSSR count). The van der Waals surface area contributed by atoms with E-state index >= 15 is 0 Å². The quantitative estimate of drug-likeness (QED) is 0.826. The molecule has 0 bridgehead atoms. The summed E-state index contributed by atoms with van der Waals surface area (Å²) in [6.07, 6.45) is 5.09. The minimum absolute atomic E-state index is 0. The van der Waals surface area contributed by atoms with Crippen LogP contribution in [0.1, 0.15) is 45.4 Å². The third-order valence-corrected chi connectivity index (χ3v) is 5.43. The molecule has 1 saturated heterocycles. The average molecular weight is 339 g/mol. The first-order chi connectivity index (χ1) is 9.97. The fraction of sp³-hybridized carbons (Fsp3) is 0.933. The van der Waals surface area contributed by atoms with Gasteiger partial charge in [-0.25, -0.2) is 8.78 Å². The van der Waals surface area contributed by atoms with E-state index in [0.717, 1.165) is 32.1 Å². The molecule has 1 aliphatic heterocycles. The summed E-state index contributed by atoms with van der Waals surface area (Å²) < 4.78 is 32.2. The Kier molecular flexibility index (Phi) is 5.34. The Bertz CT molecular complexity index is 416. The Morgan fingerprint density at radius 2 is 2.05 bits per heavy atom. The third kappa shape index (κ3) is 3.10. The van der Waals surface area contributed by atoms with Crippen LogP contribution in [0.5, 0.6) is 0 Å². The molecular formula is C15H25ClF2N2O2. The zero-order chi connectivity index (χ0) is 15.1. The van der Waals surface area contributed by atoms with E-state index in [9.17, 15) is 13.6 Å². The first-order valence-corrected chi connectivity index (χ1v) is 8.00. The number of carbonyl (C=O) groups excluding carboxylic acids is 1. The number of hydrogen-bond donors (Lipinski definition) is 2. The largest absolute Gasteiger partial charge is 0.378 e. The number of carbonyl (C=O) groups is 1. The van der Waals surface area contributed by atoms with E-state index in [-0.39, 0.29) is 35.9 Å². The van der Waals surface area contributed by atoms with E-state index in [1.165, 1.54) is 0 Å². The SMILES string of the molecule is CCOC1CC(NC(=O)C2CC(F)(F)CN2)C12CCCC2.Cl.